The Morgan fingerprint density at radius 1 is 0.600 bits per heavy atom. The van der Waals surface area contributed by atoms with Crippen LogP contribution in [-0.4, -0.2) is 98.7 Å². The molecule has 1 heterocycles. The fraction of sp³-hybridized carbons (Fsp3) is 0.933. The summed E-state index contributed by atoms with van der Waals surface area (Å²) >= 11 is 0. The van der Waals surface area contributed by atoms with Crippen molar-refractivity contribution in [1.82, 2.24) is 5.32 Å². The number of carbonyl (C=O) groups is 1. The minimum absolute atomic E-state index is 0.255. The fourth-order valence-electron chi connectivity index (χ4n) is 7.40. The Balaban J connectivity index is 2.40. The predicted molar refractivity (Wildman–Crippen MR) is 223 cm³/mol. The van der Waals surface area contributed by atoms with Crippen LogP contribution in [0, 0.1) is 0 Å². The molecule has 0 spiro atoms. The number of nitrogens with one attached hydrogen (secondary N) is 1. The van der Waals surface area contributed by atoms with Gasteiger partial charge >= 0.3 is 0 Å². The molecule has 1 amide bonds. The number of hydrogen-bond donors (Lipinski definition) is 7. The van der Waals surface area contributed by atoms with Gasteiger partial charge in [0.05, 0.1) is 25.4 Å². The Kier molecular flexibility index (Phi) is 34.0. The largest absolute Gasteiger partial charge is 0.394 e. The summed E-state index contributed by atoms with van der Waals surface area (Å²) in [6.45, 7) is 3.66. The second-order valence-electron chi connectivity index (χ2n) is 16.3. The normalized spacial score (nSPS) is 21.9. The molecule has 1 saturated heterocycles. The molecule has 0 aliphatic carbocycles. The summed E-state index contributed by atoms with van der Waals surface area (Å²) in [6, 6.07) is -0.892. The van der Waals surface area contributed by atoms with Crippen molar-refractivity contribution < 1.29 is 44.9 Å². The third-order valence-electron chi connectivity index (χ3n) is 11.2. The van der Waals surface area contributed by atoms with E-state index >= 15 is 0 Å². The SMILES string of the molecule is CCCCCCCC/C=C\CCCCCCCCC(O)C(=O)NC(COC1OC(CO)C(O)C(O)C1O)C(O)CCCCCCCCCCCCCCCC. The number of aliphatic hydroxyl groups is 6. The summed E-state index contributed by atoms with van der Waals surface area (Å²) in [4.78, 5) is 13.0. The summed E-state index contributed by atoms with van der Waals surface area (Å²) in [5, 5.41) is 64.8. The van der Waals surface area contributed by atoms with E-state index in [1.807, 2.05) is 0 Å². The zero-order valence-corrected chi connectivity index (χ0v) is 35.3. The van der Waals surface area contributed by atoms with Gasteiger partial charge in [0.15, 0.2) is 6.29 Å². The van der Waals surface area contributed by atoms with Crippen molar-refractivity contribution in [2.75, 3.05) is 13.2 Å². The number of ether oxygens (including phenoxy) is 2. The van der Waals surface area contributed by atoms with Gasteiger partial charge in [0.25, 0.3) is 0 Å². The lowest BCUT2D eigenvalue weighted by Crippen LogP contribution is -2.60. The van der Waals surface area contributed by atoms with E-state index in [2.05, 4.69) is 31.3 Å². The lowest BCUT2D eigenvalue weighted by molar-refractivity contribution is -0.302. The fourth-order valence-corrected chi connectivity index (χ4v) is 7.40. The number of aliphatic hydroxyl groups excluding tert-OH is 6. The highest BCUT2D eigenvalue weighted by atomic mass is 16.7. The molecule has 1 aliphatic rings. The van der Waals surface area contributed by atoms with Crippen LogP contribution in [0.1, 0.15) is 206 Å². The first kappa shape index (κ1) is 51.9. The van der Waals surface area contributed by atoms with Gasteiger partial charge in [0.2, 0.25) is 5.91 Å². The zero-order valence-electron chi connectivity index (χ0n) is 35.3. The summed E-state index contributed by atoms with van der Waals surface area (Å²) in [5.41, 5.74) is 0. The smallest absolute Gasteiger partial charge is 0.249 e. The Morgan fingerprint density at radius 3 is 1.47 bits per heavy atom. The maximum absolute atomic E-state index is 13.0. The van der Waals surface area contributed by atoms with Crippen molar-refractivity contribution in [2.24, 2.45) is 0 Å². The van der Waals surface area contributed by atoms with E-state index in [9.17, 15) is 35.4 Å². The molecule has 0 bridgehead atoms. The van der Waals surface area contributed by atoms with Crippen LogP contribution in [0.25, 0.3) is 0 Å². The highest BCUT2D eigenvalue weighted by molar-refractivity contribution is 5.80. The monoisotopic (exact) mass is 786 g/mol. The summed E-state index contributed by atoms with van der Waals surface area (Å²) in [6.07, 6.45) is 29.7. The van der Waals surface area contributed by atoms with E-state index in [-0.39, 0.29) is 6.61 Å². The minimum Gasteiger partial charge on any atom is -0.394 e. The zero-order chi connectivity index (χ0) is 40.4. The second-order valence-corrected chi connectivity index (χ2v) is 16.3. The van der Waals surface area contributed by atoms with E-state index in [0.717, 1.165) is 57.8 Å². The molecule has 0 saturated carbocycles. The third kappa shape index (κ3) is 26.5. The van der Waals surface area contributed by atoms with Gasteiger partial charge in [-0.05, 0) is 38.5 Å². The van der Waals surface area contributed by atoms with Gasteiger partial charge in [-0.2, -0.15) is 0 Å². The van der Waals surface area contributed by atoms with Crippen molar-refractivity contribution in [2.45, 2.75) is 255 Å². The van der Waals surface area contributed by atoms with Crippen LogP contribution in [0.2, 0.25) is 0 Å². The quantitative estimate of drug-likeness (QED) is 0.0241. The molecule has 0 radical (unpaired) electrons. The van der Waals surface area contributed by atoms with Crippen molar-refractivity contribution in [1.29, 1.82) is 0 Å². The van der Waals surface area contributed by atoms with E-state index in [1.165, 1.54) is 122 Å². The maximum Gasteiger partial charge on any atom is 0.249 e. The number of unbranched alkanes of at least 4 members (excludes halogenated alkanes) is 25. The molecule has 1 fully saturated rings. The molecule has 10 nitrogen and oxygen atoms in total. The minimum atomic E-state index is -1.59. The first-order valence-electron chi connectivity index (χ1n) is 23.0. The maximum atomic E-state index is 13.0. The van der Waals surface area contributed by atoms with Crippen LogP contribution >= 0.6 is 0 Å². The molecule has 1 rings (SSSR count). The molecule has 8 atom stereocenters. The van der Waals surface area contributed by atoms with E-state index in [1.54, 1.807) is 0 Å². The van der Waals surface area contributed by atoms with Crippen LogP contribution in [0.5, 0.6) is 0 Å². The number of carbonyl (C=O) groups excluding carboxylic acids is 1. The Hall–Kier alpha value is -1.11. The van der Waals surface area contributed by atoms with Crippen LogP contribution in [0.4, 0.5) is 0 Å². The van der Waals surface area contributed by atoms with Gasteiger partial charge < -0.3 is 45.4 Å². The van der Waals surface area contributed by atoms with Gasteiger partial charge in [0, 0.05) is 0 Å². The molecule has 0 aromatic heterocycles. The molecule has 0 aromatic carbocycles. The molecule has 55 heavy (non-hydrogen) atoms. The second kappa shape index (κ2) is 36.0. The Labute approximate surface area is 336 Å². The predicted octanol–water partition coefficient (Wildman–Crippen LogP) is 8.31. The molecular weight excluding hydrogens is 698 g/mol. The van der Waals surface area contributed by atoms with Gasteiger partial charge in [-0.15, -0.1) is 0 Å². The molecule has 8 unspecified atom stereocenters. The summed E-state index contributed by atoms with van der Waals surface area (Å²) in [5.74, 6) is -0.588. The number of rotatable bonds is 38. The molecular formula is C45H87NO9. The molecule has 7 N–H and O–H groups in total. The van der Waals surface area contributed by atoms with Crippen LogP contribution < -0.4 is 5.32 Å². The first-order valence-corrected chi connectivity index (χ1v) is 23.0. The van der Waals surface area contributed by atoms with Crippen molar-refractivity contribution in [3.8, 4) is 0 Å². The van der Waals surface area contributed by atoms with Gasteiger partial charge in [-0.1, -0.05) is 180 Å². The van der Waals surface area contributed by atoms with Crippen molar-refractivity contribution >= 4 is 5.91 Å². The average Bonchev–Trinajstić information content (AvgIpc) is 3.18. The van der Waals surface area contributed by atoms with Crippen LogP contribution in [-0.2, 0) is 14.3 Å². The number of hydrogen-bond acceptors (Lipinski definition) is 9. The Morgan fingerprint density at radius 2 is 1.02 bits per heavy atom. The highest BCUT2D eigenvalue weighted by Crippen LogP contribution is 2.23. The molecule has 0 aromatic rings. The molecule has 1 aliphatic heterocycles. The van der Waals surface area contributed by atoms with E-state index in [4.69, 9.17) is 9.47 Å². The third-order valence-corrected chi connectivity index (χ3v) is 11.2. The lowest BCUT2D eigenvalue weighted by Gasteiger charge is -2.40. The topological polar surface area (TPSA) is 169 Å². The van der Waals surface area contributed by atoms with Gasteiger partial charge in [-0.3, -0.25) is 4.79 Å². The van der Waals surface area contributed by atoms with Gasteiger partial charge in [-0.25, -0.2) is 0 Å². The number of allylic oxidation sites excluding steroid dienone is 2. The van der Waals surface area contributed by atoms with Crippen LogP contribution in [0.15, 0.2) is 12.2 Å². The first-order chi connectivity index (χ1) is 26.8. The van der Waals surface area contributed by atoms with E-state index < -0.39 is 61.5 Å². The molecule has 10 heteroatoms. The van der Waals surface area contributed by atoms with Crippen molar-refractivity contribution in [3.63, 3.8) is 0 Å². The average molecular weight is 786 g/mol. The van der Waals surface area contributed by atoms with Gasteiger partial charge in [0.1, 0.15) is 30.5 Å². The summed E-state index contributed by atoms with van der Waals surface area (Å²) < 4.78 is 11.2. The standard InChI is InChI=1S/C45H87NO9/c1-3-5-7-9-11-13-15-17-19-20-22-24-26-28-30-32-34-39(49)44(53)46-37(36-54-45-43(52)42(51)41(50)40(35-47)55-45)38(48)33-31-29-27-25-23-21-18-16-14-12-10-8-6-4-2/h17,19,37-43,45,47-52H,3-16,18,20-36H2,1-2H3,(H,46,53)/b19-17-. The summed E-state index contributed by atoms with van der Waals surface area (Å²) in [7, 11) is 0. The Bertz CT molecular complexity index is 890. The van der Waals surface area contributed by atoms with E-state index in [0.29, 0.717) is 12.8 Å². The number of amides is 1. The van der Waals surface area contributed by atoms with Crippen molar-refractivity contribution in [3.05, 3.63) is 12.2 Å². The lowest BCUT2D eigenvalue weighted by atomic mass is 9.99. The van der Waals surface area contributed by atoms with Crippen LogP contribution in [0.3, 0.4) is 0 Å². The highest BCUT2D eigenvalue weighted by Gasteiger charge is 2.44. The molecule has 326 valence electrons.